The molecule has 4 heteroatoms. The summed E-state index contributed by atoms with van der Waals surface area (Å²) in [6.45, 7) is 0. The van der Waals surface area contributed by atoms with Gasteiger partial charge in [0.25, 0.3) is 0 Å². The van der Waals surface area contributed by atoms with Crippen LogP contribution in [-0.4, -0.2) is 35.4 Å². The van der Waals surface area contributed by atoms with Crippen LogP contribution in [0.25, 0.3) is 62.9 Å². The van der Waals surface area contributed by atoms with Gasteiger partial charge in [0.05, 0.1) is 0 Å². The first kappa shape index (κ1) is 15.9. The molecule has 0 radical (unpaired) electrons. The predicted molar refractivity (Wildman–Crippen MR) is 154 cm³/mol. The third-order valence-corrected chi connectivity index (χ3v) is 8.99. The van der Waals surface area contributed by atoms with E-state index in [1.807, 2.05) is 84.9 Å². The van der Waals surface area contributed by atoms with Crippen LogP contribution in [-0.2, 0) is 0 Å². The van der Waals surface area contributed by atoms with Crippen LogP contribution in [0.4, 0.5) is 0 Å². The first-order valence-corrected chi connectivity index (χ1v) is 14.0. The quantitative estimate of drug-likeness (QED) is 0.195. The molecule has 0 saturated heterocycles. The molecule has 0 saturated carbocycles. The summed E-state index contributed by atoms with van der Waals surface area (Å²) >= 11 is -1.38. The zero-order valence-electron chi connectivity index (χ0n) is 26.3. The molecular weight excluding hydrogens is 566 g/mol. The van der Waals surface area contributed by atoms with Crippen molar-refractivity contribution in [1.29, 1.82) is 0 Å². The molecule has 5 aromatic carbocycles. The Kier molecular flexibility index (Phi) is 4.04. The fourth-order valence-corrected chi connectivity index (χ4v) is 7.07. The molecule has 0 aliphatic rings. The molecule has 2 aromatic heterocycles. The average molecular weight is 594 g/mol. The SMILES string of the molecule is [2H]c1c([2H])c([2H])c2c([te]c3c([2H])c([2H])c([2H])c(-c4ccc(-c5nc(-c6ccccc6)nc(-c6ccccc6)n5)cc4)c32)c1[2H]. The van der Waals surface area contributed by atoms with E-state index in [0.29, 0.717) is 51.7 Å². The van der Waals surface area contributed by atoms with Crippen molar-refractivity contribution in [3.05, 3.63) is 127 Å². The molecule has 0 aliphatic carbocycles. The Morgan fingerprint density at radius 2 is 1.00 bits per heavy atom. The van der Waals surface area contributed by atoms with Gasteiger partial charge in [0, 0.05) is 0 Å². The van der Waals surface area contributed by atoms with Crippen molar-refractivity contribution < 1.29 is 9.60 Å². The van der Waals surface area contributed by atoms with Crippen LogP contribution in [0, 0.1) is 0 Å². The van der Waals surface area contributed by atoms with E-state index < -0.39 is 20.4 Å². The molecule has 174 valence electrons. The van der Waals surface area contributed by atoms with Gasteiger partial charge in [-0.25, -0.2) is 0 Å². The normalized spacial score (nSPS) is 13.9. The number of rotatable bonds is 4. The molecule has 0 bridgehead atoms. The van der Waals surface area contributed by atoms with Gasteiger partial charge in [0.2, 0.25) is 0 Å². The van der Waals surface area contributed by atoms with Gasteiger partial charge in [-0.3, -0.25) is 0 Å². The summed E-state index contributed by atoms with van der Waals surface area (Å²) < 4.78 is 60.7. The van der Waals surface area contributed by atoms with Crippen molar-refractivity contribution in [3.8, 4) is 45.3 Å². The Labute approximate surface area is 234 Å². The van der Waals surface area contributed by atoms with Crippen LogP contribution < -0.4 is 0 Å². The standard InChI is InChI=1S/C33H21N3Te/c1-3-10-23(11-4-1)31-34-32(24-12-5-2-6-13-24)36-33(35-31)25-20-18-22(19-21-25)26-15-9-17-29-30(26)27-14-7-8-16-28(27)37-29/h1-21H/i7D,8D,9D,14D,15D,16D,17D. The van der Waals surface area contributed by atoms with E-state index in [2.05, 4.69) is 0 Å². The van der Waals surface area contributed by atoms with E-state index in [9.17, 15) is 0 Å². The predicted octanol–water partition coefficient (Wildman–Crippen LogP) is 7.90. The molecular formula is C33H21N3Te. The molecule has 7 rings (SSSR count). The maximum atomic E-state index is 8.85. The van der Waals surface area contributed by atoms with Gasteiger partial charge in [-0.1, -0.05) is 36.4 Å². The zero-order valence-corrected chi connectivity index (χ0v) is 21.7. The second-order valence-corrected chi connectivity index (χ2v) is 11.3. The fourth-order valence-electron chi connectivity index (χ4n) is 4.30. The topological polar surface area (TPSA) is 38.7 Å². The van der Waals surface area contributed by atoms with E-state index in [0.717, 1.165) is 11.1 Å². The van der Waals surface area contributed by atoms with Gasteiger partial charge in [0.1, 0.15) is 0 Å². The minimum atomic E-state index is -1.38. The summed E-state index contributed by atoms with van der Waals surface area (Å²) in [4.78, 5) is 14.3. The number of nitrogens with zero attached hydrogens (tertiary/aromatic N) is 3. The Morgan fingerprint density at radius 1 is 0.486 bits per heavy atom. The Morgan fingerprint density at radius 3 is 1.62 bits per heavy atom. The van der Waals surface area contributed by atoms with E-state index in [4.69, 9.17) is 24.5 Å². The molecule has 0 spiro atoms. The maximum absolute atomic E-state index is 8.85. The molecule has 0 unspecified atom stereocenters. The van der Waals surface area contributed by atoms with E-state index in [-0.39, 0.29) is 42.3 Å². The van der Waals surface area contributed by atoms with Crippen LogP contribution in [0.3, 0.4) is 0 Å². The van der Waals surface area contributed by atoms with Crippen LogP contribution in [0.2, 0.25) is 0 Å². The van der Waals surface area contributed by atoms with E-state index in [1.54, 1.807) is 0 Å². The van der Waals surface area contributed by atoms with Crippen molar-refractivity contribution >= 4 is 38.0 Å². The first-order valence-electron chi connectivity index (χ1n) is 15.1. The molecule has 0 fully saturated rings. The van der Waals surface area contributed by atoms with Gasteiger partial charge in [-0.15, -0.1) is 0 Å². The molecule has 0 N–H and O–H groups in total. The second kappa shape index (κ2) is 9.41. The number of benzene rings is 5. The van der Waals surface area contributed by atoms with Gasteiger partial charge in [-0.05, 0) is 0 Å². The van der Waals surface area contributed by atoms with Crippen LogP contribution in [0.5, 0.6) is 0 Å². The Hall–Kier alpha value is -4.10. The van der Waals surface area contributed by atoms with Crippen molar-refractivity contribution in [2.24, 2.45) is 0 Å². The molecule has 3 nitrogen and oxygen atoms in total. The van der Waals surface area contributed by atoms with Crippen molar-refractivity contribution in [1.82, 2.24) is 15.0 Å². The molecule has 7 aromatic rings. The van der Waals surface area contributed by atoms with Crippen LogP contribution >= 0.6 is 0 Å². The van der Waals surface area contributed by atoms with Gasteiger partial charge in [-0.2, -0.15) is 0 Å². The summed E-state index contributed by atoms with van der Waals surface area (Å²) in [5.74, 6) is 1.53. The summed E-state index contributed by atoms with van der Waals surface area (Å²) in [6, 6.07) is 25.3. The molecule has 37 heavy (non-hydrogen) atoms. The third-order valence-electron chi connectivity index (χ3n) is 6.08. The van der Waals surface area contributed by atoms with Crippen LogP contribution in [0.15, 0.2) is 127 Å². The van der Waals surface area contributed by atoms with Gasteiger partial charge < -0.3 is 0 Å². The van der Waals surface area contributed by atoms with Gasteiger partial charge >= 0.3 is 199 Å². The molecule has 0 atom stereocenters. The van der Waals surface area contributed by atoms with Crippen molar-refractivity contribution in [3.63, 3.8) is 0 Å². The fraction of sp³-hybridized carbons (Fsp3) is 0. The second-order valence-electron chi connectivity index (χ2n) is 8.38. The number of fused-ring (bicyclic) bond motifs is 3. The molecule has 0 amide bonds. The summed E-state index contributed by atoms with van der Waals surface area (Å²) in [6.07, 6.45) is 0. The van der Waals surface area contributed by atoms with Crippen LogP contribution in [0.1, 0.15) is 9.60 Å². The number of hydrogen-bond donors (Lipinski definition) is 0. The summed E-state index contributed by atoms with van der Waals surface area (Å²) in [7, 11) is 0. The molecule has 0 aliphatic heterocycles. The summed E-state index contributed by atoms with van der Waals surface area (Å²) in [5.41, 5.74) is 3.42. The van der Waals surface area contributed by atoms with E-state index >= 15 is 0 Å². The summed E-state index contributed by atoms with van der Waals surface area (Å²) in [5, 5.41) is 0.831. The monoisotopic (exact) mass is 596 g/mol. The van der Waals surface area contributed by atoms with Crippen molar-refractivity contribution in [2.45, 2.75) is 0 Å². The Balaban J connectivity index is 1.43. The third kappa shape index (κ3) is 4.15. The first-order chi connectivity index (χ1) is 21.2. The number of aromatic nitrogens is 3. The zero-order chi connectivity index (χ0) is 30.7. The van der Waals surface area contributed by atoms with E-state index in [1.165, 1.54) is 0 Å². The average Bonchev–Trinajstić information content (AvgIpc) is 3.47. The minimum absolute atomic E-state index is 0.0760. The number of hydrogen-bond acceptors (Lipinski definition) is 3. The molecule has 2 heterocycles. The van der Waals surface area contributed by atoms with Gasteiger partial charge in [0.15, 0.2) is 0 Å². The van der Waals surface area contributed by atoms with Crippen molar-refractivity contribution in [2.75, 3.05) is 0 Å². The Bertz CT molecular complexity index is 2180.